The lowest BCUT2D eigenvalue weighted by Crippen LogP contribution is -2.38. The Morgan fingerprint density at radius 3 is 2.87 bits per heavy atom. The Morgan fingerprint density at radius 2 is 2.13 bits per heavy atom. The number of aromatic nitrogens is 1. The second kappa shape index (κ2) is 6.69. The van der Waals surface area contributed by atoms with Crippen molar-refractivity contribution in [3.8, 4) is 5.75 Å². The number of pyridine rings is 1. The van der Waals surface area contributed by atoms with E-state index in [1.165, 1.54) is 12.3 Å². The van der Waals surface area contributed by atoms with Gasteiger partial charge in [-0.1, -0.05) is 12.1 Å². The predicted octanol–water partition coefficient (Wildman–Crippen LogP) is 2.75. The van der Waals surface area contributed by atoms with Crippen LogP contribution in [0.25, 0.3) is 0 Å². The molecule has 2 aromatic rings. The molecule has 1 aliphatic rings. The molecule has 2 heterocycles. The van der Waals surface area contributed by atoms with Crippen molar-refractivity contribution in [3.63, 3.8) is 0 Å². The van der Waals surface area contributed by atoms with Gasteiger partial charge >= 0.3 is 0 Å². The number of aromatic amines is 1. The molecule has 1 fully saturated rings. The molecule has 1 atom stereocenters. The summed E-state index contributed by atoms with van der Waals surface area (Å²) < 4.78 is 5.30. The number of nitrogens with one attached hydrogen (secondary N) is 1. The highest BCUT2D eigenvalue weighted by Gasteiger charge is 2.28. The lowest BCUT2D eigenvalue weighted by atomic mass is 9.94. The number of rotatable bonds is 3. The highest BCUT2D eigenvalue weighted by molar-refractivity contribution is 5.94. The summed E-state index contributed by atoms with van der Waals surface area (Å²) in [6.45, 7) is 0.722. The molecule has 5 heteroatoms. The minimum atomic E-state index is -0.204. The largest absolute Gasteiger partial charge is 0.497 e. The number of H-pyrrole nitrogens is 1. The van der Waals surface area contributed by atoms with Crippen molar-refractivity contribution in [2.24, 2.45) is 0 Å². The topological polar surface area (TPSA) is 62.4 Å². The molecule has 0 bridgehead atoms. The van der Waals surface area contributed by atoms with E-state index in [1.807, 2.05) is 29.2 Å². The van der Waals surface area contributed by atoms with Gasteiger partial charge in [0.25, 0.3) is 5.91 Å². The van der Waals surface area contributed by atoms with Crippen LogP contribution in [0.2, 0.25) is 0 Å². The van der Waals surface area contributed by atoms with E-state index < -0.39 is 0 Å². The van der Waals surface area contributed by atoms with Gasteiger partial charge in [0.1, 0.15) is 5.75 Å². The van der Waals surface area contributed by atoms with Gasteiger partial charge < -0.3 is 14.6 Å². The molecule has 23 heavy (non-hydrogen) atoms. The maximum Gasteiger partial charge on any atom is 0.255 e. The van der Waals surface area contributed by atoms with E-state index in [1.54, 1.807) is 13.2 Å². The Kier molecular flexibility index (Phi) is 4.46. The van der Waals surface area contributed by atoms with Gasteiger partial charge in [-0.15, -0.1) is 0 Å². The van der Waals surface area contributed by atoms with Gasteiger partial charge in [0.05, 0.1) is 18.7 Å². The zero-order valence-corrected chi connectivity index (χ0v) is 13.1. The Hall–Kier alpha value is -2.56. The molecule has 3 rings (SSSR count). The Bertz CT molecular complexity index is 733. The third-order valence-electron chi connectivity index (χ3n) is 4.27. The quantitative estimate of drug-likeness (QED) is 0.948. The number of benzene rings is 1. The Morgan fingerprint density at radius 1 is 1.26 bits per heavy atom. The molecule has 1 amide bonds. The predicted molar refractivity (Wildman–Crippen MR) is 87.7 cm³/mol. The maximum atomic E-state index is 12.8. The zero-order chi connectivity index (χ0) is 16.2. The number of carbonyl (C=O) groups is 1. The summed E-state index contributed by atoms with van der Waals surface area (Å²) in [5, 5.41) is 0. The first-order chi connectivity index (χ1) is 11.2. The molecule has 0 radical (unpaired) electrons. The first-order valence-electron chi connectivity index (χ1n) is 7.82. The van der Waals surface area contributed by atoms with Gasteiger partial charge in [-0.05, 0) is 43.0 Å². The van der Waals surface area contributed by atoms with Crippen LogP contribution in [0, 0.1) is 0 Å². The molecular formula is C18H20N2O3. The van der Waals surface area contributed by atoms with Gasteiger partial charge in [0, 0.05) is 18.8 Å². The van der Waals surface area contributed by atoms with Gasteiger partial charge in [0.2, 0.25) is 5.56 Å². The fourth-order valence-electron chi connectivity index (χ4n) is 3.08. The molecular weight excluding hydrogens is 292 g/mol. The minimum Gasteiger partial charge on any atom is -0.497 e. The van der Waals surface area contributed by atoms with Crippen LogP contribution < -0.4 is 10.3 Å². The summed E-state index contributed by atoms with van der Waals surface area (Å²) in [5.74, 6) is 0.748. The van der Waals surface area contributed by atoms with Crippen molar-refractivity contribution in [2.75, 3.05) is 13.7 Å². The van der Waals surface area contributed by atoms with Crippen LogP contribution in [-0.2, 0) is 0 Å². The molecule has 1 saturated heterocycles. The smallest absolute Gasteiger partial charge is 0.255 e. The summed E-state index contributed by atoms with van der Waals surface area (Å²) in [5.41, 5.74) is 1.39. The molecule has 5 nitrogen and oxygen atoms in total. The van der Waals surface area contributed by atoms with Crippen molar-refractivity contribution < 1.29 is 9.53 Å². The summed E-state index contributed by atoms with van der Waals surface area (Å²) in [7, 11) is 1.64. The van der Waals surface area contributed by atoms with Crippen molar-refractivity contribution in [2.45, 2.75) is 25.3 Å². The molecule has 1 aromatic heterocycles. The minimum absolute atomic E-state index is 0.0401. The van der Waals surface area contributed by atoms with E-state index in [0.29, 0.717) is 5.56 Å². The van der Waals surface area contributed by atoms with Crippen LogP contribution in [0.4, 0.5) is 0 Å². The highest BCUT2D eigenvalue weighted by atomic mass is 16.5. The van der Waals surface area contributed by atoms with Crippen LogP contribution in [0.1, 0.15) is 41.2 Å². The number of amides is 1. The monoisotopic (exact) mass is 312 g/mol. The van der Waals surface area contributed by atoms with Crippen LogP contribution in [-0.4, -0.2) is 29.4 Å². The van der Waals surface area contributed by atoms with Crippen molar-refractivity contribution in [1.29, 1.82) is 0 Å². The normalized spacial score (nSPS) is 17.8. The van der Waals surface area contributed by atoms with Gasteiger partial charge in [0.15, 0.2) is 0 Å². The maximum absolute atomic E-state index is 12.8. The number of methoxy groups -OCH3 is 1. The molecule has 1 unspecified atom stereocenters. The number of ether oxygens (including phenoxy) is 1. The zero-order valence-electron chi connectivity index (χ0n) is 13.1. The molecule has 1 N–H and O–H groups in total. The van der Waals surface area contributed by atoms with Crippen molar-refractivity contribution in [1.82, 2.24) is 9.88 Å². The van der Waals surface area contributed by atoms with E-state index in [0.717, 1.165) is 37.1 Å². The summed E-state index contributed by atoms with van der Waals surface area (Å²) in [6, 6.07) is 10.9. The number of carbonyl (C=O) groups excluding carboxylic acids is 1. The standard InChI is InChI=1S/C18H20N2O3/c1-23-15-6-4-5-13(11-15)16-7-2-3-10-20(16)18(22)14-8-9-17(21)19-12-14/h4-6,8-9,11-12,16H,2-3,7,10H2,1H3,(H,19,21). The average Bonchev–Trinajstić information content (AvgIpc) is 2.62. The number of nitrogens with zero attached hydrogens (tertiary/aromatic N) is 1. The third-order valence-corrected chi connectivity index (χ3v) is 4.27. The lowest BCUT2D eigenvalue weighted by Gasteiger charge is -2.36. The Labute approximate surface area is 134 Å². The van der Waals surface area contributed by atoms with E-state index in [2.05, 4.69) is 4.98 Å². The number of piperidine rings is 1. The van der Waals surface area contributed by atoms with Crippen LogP contribution in [0.5, 0.6) is 5.75 Å². The van der Waals surface area contributed by atoms with Crippen LogP contribution >= 0.6 is 0 Å². The Balaban J connectivity index is 1.90. The molecule has 1 aromatic carbocycles. The fraction of sp³-hybridized carbons (Fsp3) is 0.333. The number of likely N-dealkylation sites (tertiary alicyclic amines) is 1. The summed E-state index contributed by atoms with van der Waals surface area (Å²) >= 11 is 0. The first kappa shape index (κ1) is 15.3. The van der Waals surface area contributed by atoms with Crippen LogP contribution in [0.15, 0.2) is 47.4 Å². The fourth-order valence-corrected chi connectivity index (χ4v) is 3.08. The lowest BCUT2D eigenvalue weighted by molar-refractivity contribution is 0.0611. The molecule has 0 spiro atoms. The van der Waals surface area contributed by atoms with Gasteiger partial charge in [-0.2, -0.15) is 0 Å². The second-order valence-electron chi connectivity index (χ2n) is 5.73. The van der Waals surface area contributed by atoms with E-state index >= 15 is 0 Å². The van der Waals surface area contributed by atoms with E-state index in [4.69, 9.17) is 4.74 Å². The van der Waals surface area contributed by atoms with E-state index in [-0.39, 0.29) is 17.5 Å². The molecule has 1 aliphatic heterocycles. The van der Waals surface area contributed by atoms with E-state index in [9.17, 15) is 9.59 Å². The molecule has 120 valence electrons. The molecule has 0 saturated carbocycles. The van der Waals surface area contributed by atoms with Crippen molar-refractivity contribution in [3.05, 3.63) is 64.1 Å². The average molecular weight is 312 g/mol. The third kappa shape index (κ3) is 3.28. The van der Waals surface area contributed by atoms with Crippen LogP contribution in [0.3, 0.4) is 0 Å². The summed E-state index contributed by atoms with van der Waals surface area (Å²) in [4.78, 5) is 28.5. The van der Waals surface area contributed by atoms with Gasteiger partial charge in [-0.3, -0.25) is 9.59 Å². The first-order valence-corrected chi connectivity index (χ1v) is 7.82. The summed E-state index contributed by atoms with van der Waals surface area (Å²) in [6.07, 6.45) is 4.51. The number of hydrogen-bond donors (Lipinski definition) is 1. The molecule has 0 aliphatic carbocycles. The SMILES string of the molecule is COc1cccc(C2CCCCN2C(=O)c2ccc(=O)[nH]c2)c1. The highest BCUT2D eigenvalue weighted by Crippen LogP contribution is 2.33. The van der Waals surface area contributed by atoms with Crippen molar-refractivity contribution >= 4 is 5.91 Å². The van der Waals surface area contributed by atoms with Gasteiger partial charge in [-0.25, -0.2) is 0 Å². The number of hydrogen-bond acceptors (Lipinski definition) is 3. The second-order valence-corrected chi connectivity index (χ2v) is 5.73.